The lowest BCUT2D eigenvalue weighted by Crippen LogP contribution is -2.53. The summed E-state index contributed by atoms with van der Waals surface area (Å²) < 4.78 is 5.52. The van der Waals surface area contributed by atoms with Gasteiger partial charge < -0.3 is 15.8 Å². The van der Waals surface area contributed by atoms with Crippen LogP contribution in [0, 0.1) is 0 Å². The van der Waals surface area contributed by atoms with E-state index in [0.29, 0.717) is 24.5 Å². The second-order valence-electron chi connectivity index (χ2n) is 5.17. The van der Waals surface area contributed by atoms with Gasteiger partial charge in [-0.25, -0.2) is 0 Å². The number of rotatable bonds is 6. The first kappa shape index (κ1) is 13.7. The van der Waals surface area contributed by atoms with E-state index >= 15 is 0 Å². The maximum Gasteiger partial charge on any atom is 0.223 e. The van der Waals surface area contributed by atoms with Crippen LogP contribution in [-0.4, -0.2) is 18.1 Å². The molecule has 1 aliphatic carbocycles. The SMILES string of the molecule is CCC1(NC(=O)CCOc2ccccc2N)CCC1. The molecular weight excluding hydrogens is 240 g/mol. The highest BCUT2D eigenvalue weighted by Crippen LogP contribution is 2.34. The monoisotopic (exact) mass is 262 g/mol. The largest absolute Gasteiger partial charge is 0.491 e. The first-order chi connectivity index (χ1) is 9.15. The van der Waals surface area contributed by atoms with Crippen LogP contribution < -0.4 is 15.8 Å². The highest BCUT2D eigenvalue weighted by atomic mass is 16.5. The lowest BCUT2D eigenvalue weighted by Gasteiger charge is -2.42. The number of benzene rings is 1. The third kappa shape index (κ3) is 3.40. The van der Waals surface area contributed by atoms with E-state index in [1.165, 1.54) is 6.42 Å². The molecule has 1 fully saturated rings. The van der Waals surface area contributed by atoms with E-state index < -0.39 is 0 Å². The van der Waals surface area contributed by atoms with Crippen LogP contribution in [-0.2, 0) is 4.79 Å². The van der Waals surface area contributed by atoms with E-state index in [1.54, 1.807) is 6.07 Å². The molecule has 4 nitrogen and oxygen atoms in total. The predicted molar refractivity (Wildman–Crippen MR) is 76.0 cm³/mol. The lowest BCUT2D eigenvalue weighted by molar-refractivity contribution is -0.124. The fraction of sp³-hybridized carbons (Fsp3) is 0.533. The second kappa shape index (κ2) is 5.95. The fourth-order valence-corrected chi connectivity index (χ4v) is 2.39. The number of carbonyl (C=O) groups excluding carboxylic acids is 1. The average molecular weight is 262 g/mol. The van der Waals surface area contributed by atoms with Crippen LogP contribution in [0.5, 0.6) is 5.75 Å². The topological polar surface area (TPSA) is 64.3 Å². The molecule has 0 heterocycles. The maximum absolute atomic E-state index is 11.9. The molecule has 1 aromatic rings. The molecule has 104 valence electrons. The van der Waals surface area contributed by atoms with Crippen LogP contribution in [0.2, 0.25) is 0 Å². The van der Waals surface area contributed by atoms with Crippen LogP contribution in [0.1, 0.15) is 39.0 Å². The minimum absolute atomic E-state index is 0.0584. The molecule has 3 N–H and O–H groups in total. The zero-order chi connectivity index (χ0) is 13.7. The molecule has 0 unspecified atom stereocenters. The molecule has 4 heteroatoms. The van der Waals surface area contributed by atoms with Gasteiger partial charge in [-0.3, -0.25) is 4.79 Å². The van der Waals surface area contributed by atoms with Gasteiger partial charge in [0.1, 0.15) is 5.75 Å². The van der Waals surface area contributed by atoms with Gasteiger partial charge >= 0.3 is 0 Å². The highest BCUT2D eigenvalue weighted by molar-refractivity contribution is 5.77. The molecule has 2 rings (SSSR count). The molecule has 1 amide bonds. The average Bonchev–Trinajstić information content (AvgIpc) is 2.36. The second-order valence-corrected chi connectivity index (χ2v) is 5.17. The fourth-order valence-electron chi connectivity index (χ4n) is 2.39. The summed E-state index contributed by atoms with van der Waals surface area (Å²) >= 11 is 0. The number of nitrogens with two attached hydrogens (primary N) is 1. The van der Waals surface area contributed by atoms with Crippen molar-refractivity contribution in [2.45, 2.75) is 44.6 Å². The summed E-state index contributed by atoms with van der Waals surface area (Å²) in [5.74, 6) is 0.709. The van der Waals surface area contributed by atoms with E-state index in [1.807, 2.05) is 18.2 Å². The Bertz CT molecular complexity index is 436. The summed E-state index contributed by atoms with van der Waals surface area (Å²) in [5.41, 5.74) is 6.43. The van der Waals surface area contributed by atoms with Gasteiger partial charge in [0.2, 0.25) is 5.91 Å². The van der Waals surface area contributed by atoms with E-state index in [2.05, 4.69) is 12.2 Å². The lowest BCUT2D eigenvalue weighted by atomic mass is 9.75. The van der Waals surface area contributed by atoms with Crippen molar-refractivity contribution in [2.24, 2.45) is 0 Å². The number of para-hydroxylation sites is 2. The summed E-state index contributed by atoms with van der Waals surface area (Å²) in [7, 11) is 0. The van der Waals surface area contributed by atoms with Gasteiger partial charge in [-0.15, -0.1) is 0 Å². The molecular formula is C15H22N2O2. The Labute approximate surface area is 114 Å². The van der Waals surface area contributed by atoms with Gasteiger partial charge in [0.15, 0.2) is 0 Å². The number of carbonyl (C=O) groups is 1. The molecule has 0 aromatic heterocycles. The van der Waals surface area contributed by atoms with Crippen molar-refractivity contribution in [3.8, 4) is 5.75 Å². The standard InChI is InChI=1S/C15H22N2O2/c1-2-15(9-5-10-15)17-14(18)8-11-19-13-7-4-3-6-12(13)16/h3-4,6-7H,2,5,8-11,16H2,1H3,(H,17,18). The van der Waals surface area contributed by atoms with Crippen LogP contribution in [0.4, 0.5) is 5.69 Å². The Kier molecular flexibility index (Phi) is 4.30. The van der Waals surface area contributed by atoms with Gasteiger partial charge in [-0.05, 0) is 37.8 Å². The third-order valence-electron chi connectivity index (χ3n) is 3.90. The Balaban J connectivity index is 1.74. The number of anilines is 1. The van der Waals surface area contributed by atoms with Crippen molar-refractivity contribution in [3.05, 3.63) is 24.3 Å². The molecule has 1 saturated carbocycles. The number of nitrogens with one attached hydrogen (secondary N) is 1. The summed E-state index contributed by atoms with van der Waals surface area (Å²) in [6, 6.07) is 7.32. The Morgan fingerprint density at radius 2 is 2.16 bits per heavy atom. The van der Waals surface area contributed by atoms with Gasteiger partial charge in [-0.1, -0.05) is 19.1 Å². The Morgan fingerprint density at radius 3 is 2.74 bits per heavy atom. The van der Waals surface area contributed by atoms with Gasteiger partial charge in [0.05, 0.1) is 18.7 Å². The van der Waals surface area contributed by atoms with E-state index in [-0.39, 0.29) is 11.4 Å². The number of hydrogen-bond donors (Lipinski definition) is 2. The number of ether oxygens (including phenoxy) is 1. The van der Waals surface area contributed by atoms with Crippen LogP contribution >= 0.6 is 0 Å². The Hall–Kier alpha value is -1.71. The summed E-state index contributed by atoms with van der Waals surface area (Å²) in [4.78, 5) is 11.9. The first-order valence-corrected chi connectivity index (χ1v) is 6.93. The minimum atomic E-state index is 0.0584. The van der Waals surface area contributed by atoms with E-state index in [0.717, 1.165) is 19.3 Å². The van der Waals surface area contributed by atoms with Gasteiger partial charge in [0, 0.05) is 5.54 Å². The summed E-state index contributed by atoms with van der Waals surface area (Å²) in [5, 5.41) is 3.13. The number of amides is 1. The zero-order valence-electron chi connectivity index (χ0n) is 11.4. The van der Waals surface area contributed by atoms with Crippen molar-refractivity contribution in [2.75, 3.05) is 12.3 Å². The quantitative estimate of drug-likeness (QED) is 0.774. The maximum atomic E-state index is 11.9. The molecule has 0 spiro atoms. The molecule has 0 aliphatic heterocycles. The molecule has 1 aliphatic rings. The molecule has 19 heavy (non-hydrogen) atoms. The summed E-state index contributed by atoms with van der Waals surface area (Å²) in [6.07, 6.45) is 4.79. The normalized spacial score (nSPS) is 16.5. The van der Waals surface area contributed by atoms with Crippen LogP contribution in [0.15, 0.2) is 24.3 Å². The molecule has 1 aromatic carbocycles. The van der Waals surface area contributed by atoms with Crippen molar-refractivity contribution in [1.82, 2.24) is 5.32 Å². The van der Waals surface area contributed by atoms with Crippen LogP contribution in [0.25, 0.3) is 0 Å². The molecule has 0 saturated heterocycles. The smallest absolute Gasteiger partial charge is 0.223 e. The van der Waals surface area contributed by atoms with Crippen LogP contribution in [0.3, 0.4) is 0 Å². The minimum Gasteiger partial charge on any atom is -0.491 e. The molecule has 0 atom stereocenters. The number of hydrogen-bond acceptors (Lipinski definition) is 3. The number of nitrogen functional groups attached to an aromatic ring is 1. The van der Waals surface area contributed by atoms with Gasteiger partial charge in [0.25, 0.3) is 0 Å². The van der Waals surface area contributed by atoms with Crippen molar-refractivity contribution in [1.29, 1.82) is 0 Å². The molecule has 0 radical (unpaired) electrons. The third-order valence-corrected chi connectivity index (χ3v) is 3.90. The zero-order valence-corrected chi connectivity index (χ0v) is 11.4. The van der Waals surface area contributed by atoms with E-state index in [4.69, 9.17) is 10.5 Å². The Morgan fingerprint density at radius 1 is 1.42 bits per heavy atom. The van der Waals surface area contributed by atoms with Gasteiger partial charge in [-0.2, -0.15) is 0 Å². The molecule has 0 bridgehead atoms. The van der Waals surface area contributed by atoms with Crippen molar-refractivity contribution < 1.29 is 9.53 Å². The first-order valence-electron chi connectivity index (χ1n) is 6.93. The summed E-state index contributed by atoms with van der Waals surface area (Å²) in [6.45, 7) is 2.49. The van der Waals surface area contributed by atoms with Crippen molar-refractivity contribution in [3.63, 3.8) is 0 Å². The predicted octanol–water partition coefficient (Wildman–Crippen LogP) is 2.49. The highest BCUT2D eigenvalue weighted by Gasteiger charge is 2.36. The van der Waals surface area contributed by atoms with E-state index in [9.17, 15) is 4.79 Å². The van der Waals surface area contributed by atoms with Crippen molar-refractivity contribution >= 4 is 11.6 Å².